The van der Waals surface area contributed by atoms with E-state index >= 15 is 0 Å². The Kier molecular flexibility index (Phi) is 4.59. The molecule has 0 spiro atoms. The van der Waals surface area contributed by atoms with Crippen molar-refractivity contribution in [1.82, 2.24) is 14.9 Å². The second kappa shape index (κ2) is 7.03. The molecule has 2 aromatic rings. The standard InChI is InChI=1S/C20H24N4O2/c1-13-6-15-8-18(9-16(15)7-14(13)2)23-20-21-10-17(11-22-20)19(25)24-4-3-5-26-12-24/h6-7,10-11,18H,3-5,8-9,12H2,1-2H3,(H,21,22,23). The number of amides is 1. The summed E-state index contributed by atoms with van der Waals surface area (Å²) in [7, 11) is 0. The summed E-state index contributed by atoms with van der Waals surface area (Å²) in [6.07, 6.45) is 6.02. The first kappa shape index (κ1) is 17.0. The van der Waals surface area contributed by atoms with Crippen molar-refractivity contribution >= 4 is 11.9 Å². The molecule has 2 aliphatic rings. The van der Waals surface area contributed by atoms with Crippen molar-refractivity contribution in [2.45, 2.75) is 39.2 Å². The highest BCUT2D eigenvalue weighted by molar-refractivity contribution is 5.93. The Labute approximate surface area is 153 Å². The van der Waals surface area contributed by atoms with E-state index in [-0.39, 0.29) is 5.91 Å². The highest BCUT2D eigenvalue weighted by Gasteiger charge is 2.23. The Hall–Kier alpha value is -2.47. The van der Waals surface area contributed by atoms with E-state index in [9.17, 15) is 4.79 Å². The third-order valence-corrected chi connectivity index (χ3v) is 5.23. The van der Waals surface area contributed by atoms with Crippen LogP contribution in [0.25, 0.3) is 0 Å². The lowest BCUT2D eigenvalue weighted by atomic mass is 10.0. The number of aromatic nitrogens is 2. The van der Waals surface area contributed by atoms with Crippen molar-refractivity contribution in [3.8, 4) is 0 Å². The minimum Gasteiger partial charge on any atom is -0.361 e. The lowest BCUT2D eigenvalue weighted by Gasteiger charge is -2.26. The van der Waals surface area contributed by atoms with Gasteiger partial charge in [0, 0.05) is 25.0 Å². The number of aryl methyl sites for hydroxylation is 2. The monoisotopic (exact) mass is 352 g/mol. The van der Waals surface area contributed by atoms with Crippen molar-refractivity contribution in [2.24, 2.45) is 0 Å². The zero-order chi connectivity index (χ0) is 18.1. The van der Waals surface area contributed by atoms with Crippen LogP contribution in [0.1, 0.15) is 39.0 Å². The molecule has 1 N–H and O–H groups in total. The first-order valence-electron chi connectivity index (χ1n) is 9.15. The molecule has 6 heteroatoms. The average molecular weight is 352 g/mol. The van der Waals surface area contributed by atoms with Crippen molar-refractivity contribution in [3.05, 3.63) is 52.3 Å². The number of nitrogens with one attached hydrogen (secondary N) is 1. The minimum absolute atomic E-state index is 0.0736. The molecule has 1 amide bonds. The van der Waals surface area contributed by atoms with E-state index in [1.165, 1.54) is 22.3 Å². The number of carbonyl (C=O) groups excluding carboxylic acids is 1. The second-order valence-electron chi connectivity index (χ2n) is 7.21. The molecule has 0 bridgehead atoms. The smallest absolute Gasteiger partial charge is 0.258 e. The molecule has 1 aromatic heterocycles. The first-order valence-corrected chi connectivity index (χ1v) is 9.15. The van der Waals surface area contributed by atoms with E-state index in [1.807, 2.05) is 0 Å². The summed E-state index contributed by atoms with van der Waals surface area (Å²) < 4.78 is 5.34. The molecule has 136 valence electrons. The number of carbonyl (C=O) groups is 1. The average Bonchev–Trinajstić information content (AvgIpc) is 3.04. The van der Waals surface area contributed by atoms with E-state index < -0.39 is 0 Å². The maximum Gasteiger partial charge on any atom is 0.258 e. The molecule has 1 aliphatic heterocycles. The SMILES string of the molecule is Cc1cc2c(cc1C)CC(Nc1ncc(C(=O)N3CCCOC3)cn1)C2. The van der Waals surface area contributed by atoms with Crippen molar-refractivity contribution in [2.75, 3.05) is 25.2 Å². The summed E-state index contributed by atoms with van der Waals surface area (Å²) in [5.41, 5.74) is 5.99. The topological polar surface area (TPSA) is 67.4 Å². The van der Waals surface area contributed by atoms with Gasteiger partial charge in [-0.2, -0.15) is 0 Å². The molecular weight excluding hydrogens is 328 g/mol. The molecule has 6 nitrogen and oxygen atoms in total. The number of hydrogen-bond donors (Lipinski definition) is 1. The van der Waals surface area contributed by atoms with Crippen molar-refractivity contribution in [1.29, 1.82) is 0 Å². The highest BCUT2D eigenvalue weighted by Crippen LogP contribution is 2.26. The molecule has 26 heavy (non-hydrogen) atoms. The number of nitrogens with zero attached hydrogens (tertiary/aromatic N) is 3. The Morgan fingerprint density at radius 3 is 2.38 bits per heavy atom. The molecule has 1 fully saturated rings. The number of anilines is 1. The molecule has 1 saturated heterocycles. The number of fused-ring (bicyclic) bond motifs is 1. The van der Waals surface area contributed by atoms with Crippen LogP contribution >= 0.6 is 0 Å². The first-order chi connectivity index (χ1) is 12.6. The molecule has 0 unspecified atom stereocenters. The molecule has 1 aliphatic carbocycles. The predicted octanol–water partition coefficient (Wildman–Crippen LogP) is 2.49. The predicted molar refractivity (Wildman–Crippen MR) is 99.2 cm³/mol. The third-order valence-electron chi connectivity index (χ3n) is 5.23. The largest absolute Gasteiger partial charge is 0.361 e. The summed E-state index contributed by atoms with van der Waals surface area (Å²) in [4.78, 5) is 22.8. The van der Waals surface area contributed by atoms with Crippen LogP contribution < -0.4 is 5.32 Å². The van der Waals surface area contributed by atoms with E-state index in [4.69, 9.17) is 4.74 Å². The molecule has 0 saturated carbocycles. The van der Waals surface area contributed by atoms with Crippen molar-refractivity contribution in [3.63, 3.8) is 0 Å². The van der Waals surface area contributed by atoms with E-state index in [2.05, 4.69) is 41.3 Å². The van der Waals surface area contributed by atoms with E-state index in [1.54, 1.807) is 17.3 Å². The van der Waals surface area contributed by atoms with Crippen LogP contribution in [-0.2, 0) is 17.6 Å². The fraction of sp³-hybridized carbons (Fsp3) is 0.450. The Morgan fingerprint density at radius 2 is 1.81 bits per heavy atom. The van der Waals surface area contributed by atoms with Gasteiger partial charge in [-0.05, 0) is 55.4 Å². The van der Waals surface area contributed by atoms with Crippen LogP contribution in [0.15, 0.2) is 24.5 Å². The van der Waals surface area contributed by atoms with E-state index in [0.29, 0.717) is 30.9 Å². The van der Waals surface area contributed by atoms with Gasteiger partial charge in [0.2, 0.25) is 5.95 Å². The van der Waals surface area contributed by atoms with Crippen LogP contribution in [0.5, 0.6) is 0 Å². The highest BCUT2D eigenvalue weighted by atomic mass is 16.5. The summed E-state index contributed by atoms with van der Waals surface area (Å²) in [6, 6.07) is 4.87. The zero-order valence-corrected chi connectivity index (χ0v) is 15.3. The van der Waals surface area contributed by atoms with Crippen LogP contribution in [0.4, 0.5) is 5.95 Å². The fourth-order valence-electron chi connectivity index (χ4n) is 3.66. The molecule has 2 heterocycles. The molecule has 4 rings (SSSR count). The van der Waals surface area contributed by atoms with Crippen LogP contribution in [0, 0.1) is 13.8 Å². The zero-order valence-electron chi connectivity index (χ0n) is 15.3. The summed E-state index contributed by atoms with van der Waals surface area (Å²) in [6.45, 7) is 6.09. The summed E-state index contributed by atoms with van der Waals surface area (Å²) in [5.74, 6) is 0.498. The Bertz CT molecular complexity index is 782. The van der Waals surface area contributed by atoms with Gasteiger partial charge in [0.1, 0.15) is 6.73 Å². The minimum atomic E-state index is -0.0736. The third kappa shape index (κ3) is 3.42. The lowest BCUT2D eigenvalue weighted by Crippen LogP contribution is -2.38. The molecule has 0 atom stereocenters. The van der Waals surface area contributed by atoms with Crippen molar-refractivity contribution < 1.29 is 9.53 Å². The normalized spacial score (nSPS) is 17.2. The van der Waals surface area contributed by atoms with Gasteiger partial charge in [0.25, 0.3) is 5.91 Å². The lowest BCUT2D eigenvalue weighted by molar-refractivity contribution is -0.00575. The number of hydrogen-bond acceptors (Lipinski definition) is 5. The summed E-state index contributed by atoms with van der Waals surface area (Å²) in [5, 5.41) is 3.40. The molecular formula is C20H24N4O2. The number of ether oxygens (including phenoxy) is 1. The van der Waals surface area contributed by atoms with Gasteiger partial charge in [-0.1, -0.05) is 12.1 Å². The quantitative estimate of drug-likeness (QED) is 0.919. The Balaban J connectivity index is 1.40. The van der Waals surface area contributed by atoms with E-state index in [0.717, 1.165) is 25.8 Å². The van der Waals surface area contributed by atoms with Crippen LogP contribution in [0.2, 0.25) is 0 Å². The maximum atomic E-state index is 12.4. The van der Waals surface area contributed by atoms with Gasteiger partial charge < -0.3 is 15.0 Å². The van der Waals surface area contributed by atoms with Crippen LogP contribution in [0.3, 0.4) is 0 Å². The maximum absolute atomic E-state index is 12.4. The fourth-order valence-corrected chi connectivity index (χ4v) is 3.66. The molecule has 0 radical (unpaired) electrons. The van der Waals surface area contributed by atoms with Gasteiger partial charge in [0.05, 0.1) is 12.2 Å². The van der Waals surface area contributed by atoms with Gasteiger partial charge in [-0.15, -0.1) is 0 Å². The van der Waals surface area contributed by atoms with Gasteiger partial charge >= 0.3 is 0 Å². The van der Waals surface area contributed by atoms with Gasteiger partial charge in [-0.3, -0.25) is 4.79 Å². The Morgan fingerprint density at radius 1 is 1.15 bits per heavy atom. The van der Waals surface area contributed by atoms with Gasteiger partial charge in [-0.25, -0.2) is 9.97 Å². The second-order valence-corrected chi connectivity index (χ2v) is 7.21. The molecule has 1 aromatic carbocycles. The van der Waals surface area contributed by atoms with Crippen LogP contribution in [-0.4, -0.2) is 46.7 Å². The number of rotatable bonds is 3. The summed E-state index contributed by atoms with van der Waals surface area (Å²) >= 11 is 0. The van der Waals surface area contributed by atoms with Gasteiger partial charge in [0.15, 0.2) is 0 Å². The number of benzene rings is 1.